The van der Waals surface area contributed by atoms with Gasteiger partial charge in [0.05, 0.1) is 5.92 Å². The van der Waals surface area contributed by atoms with Crippen LogP contribution in [0.25, 0.3) is 0 Å². The van der Waals surface area contributed by atoms with Crippen LogP contribution in [0.2, 0.25) is 0 Å². The molecule has 5 heteroatoms. The van der Waals surface area contributed by atoms with Crippen molar-refractivity contribution in [2.24, 2.45) is 11.8 Å². The average molecular weight is 227 g/mol. The fourth-order valence-electron chi connectivity index (χ4n) is 2.44. The third kappa shape index (κ3) is 2.04. The molecular formula is C11H17NO4. The number of carbonyl (C=O) groups excluding carboxylic acids is 1. The normalized spacial score (nSPS) is 34.3. The summed E-state index contributed by atoms with van der Waals surface area (Å²) in [6.45, 7) is 3.38. The summed E-state index contributed by atoms with van der Waals surface area (Å²) in [7, 11) is 0. The van der Waals surface area contributed by atoms with Gasteiger partial charge in [-0.15, -0.1) is 0 Å². The van der Waals surface area contributed by atoms with E-state index >= 15 is 0 Å². The molecule has 1 N–H and O–H groups in total. The van der Waals surface area contributed by atoms with Gasteiger partial charge in [0.25, 0.3) is 5.91 Å². The monoisotopic (exact) mass is 227 g/mol. The first-order chi connectivity index (χ1) is 7.59. The Morgan fingerprint density at radius 1 is 1.38 bits per heavy atom. The highest BCUT2D eigenvalue weighted by molar-refractivity contribution is 5.82. The minimum Gasteiger partial charge on any atom is -0.481 e. The fraction of sp³-hybridized carbons (Fsp3) is 0.818. The number of rotatable bonds is 2. The molecule has 0 aromatic heterocycles. The van der Waals surface area contributed by atoms with Crippen LogP contribution in [0.3, 0.4) is 0 Å². The second-order valence-corrected chi connectivity index (χ2v) is 4.67. The molecule has 2 rings (SSSR count). The van der Waals surface area contributed by atoms with Crippen molar-refractivity contribution in [1.82, 2.24) is 4.90 Å². The first-order valence-electron chi connectivity index (χ1n) is 5.73. The molecule has 90 valence electrons. The number of aliphatic carboxylic acids is 1. The third-order valence-electron chi connectivity index (χ3n) is 3.45. The molecular weight excluding hydrogens is 210 g/mol. The highest BCUT2D eigenvalue weighted by Crippen LogP contribution is 2.25. The molecule has 1 unspecified atom stereocenters. The summed E-state index contributed by atoms with van der Waals surface area (Å²) >= 11 is 0. The Labute approximate surface area is 94.4 Å². The van der Waals surface area contributed by atoms with E-state index in [1.807, 2.05) is 6.92 Å². The zero-order valence-corrected chi connectivity index (χ0v) is 9.39. The molecule has 16 heavy (non-hydrogen) atoms. The van der Waals surface area contributed by atoms with Crippen molar-refractivity contribution >= 4 is 11.9 Å². The summed E-state index contributed by atoms with van der Waals surface area (Å²) in [4.78, 5) is 24.5. The summed E-state index contributed by atoms with van der Waals surface area (Å²) < 4.78 is 5.32. The van der Waals surface area contributed by atoms with E-state index < -0.39 is 11.9 Å². The maximum atomic E-state index is 12.0. The van der Waals surface area contributed by atoms with Gasteiger partial charge in [0, 0.05) is 19.7 Å². The predicted octanol–water partition coefficient (Wildman–Crippen LogP) is 0.344. The summed E-state index contributed by atoms with van der Waals surface area (Å²) in [5.41, 5.74) is 0. The first kappa shape index (κ1) is 11.4. The number of ether oxygens (including phenoxy) is 1. The number of likely N-dealkylation sites (tertiary alicyclic amines) is 1. The summed E-state index contributed by atoms with van der Waals surface area (Å²) in [6, 6.07) is 0. The Morgan fingerprint density at radius 3 is 2.62 bits per heavy atom. The number of carboxylic acids is 1. The number of nitrogens with zero attached hydrogens (tertiary/aromatic N) is 1. The molecule has 1 amide bonds. The van der Waals surface area contributed by atoms with E-state index in [1.165, 1.54) is 0 Å². The molecule has 0 aromatic carbocycles. The van der Waals surface area contributed by atoms with Crippen LogP contribution >= 0.6 is 0 Å². The van der Waals surface area contributed by atoms with Gasteiger partial charge in [0.2, 0.25) is 0 Å². The van der Waals surface area contributed by atoms with Crippen molar-refractivity contribution in [2.45, 2.75) is 25.9 Å². The van der Waals surface area contributed by atoms with Gasteiger partial charge in [-0.05, 0) is 18.8 Å². The van der Waals surface area contributed by atoms with Crippen LogP contribution in [0.4, 0.5) is 0 Å². The van der Waals surface area contributed by atoms with Gasteiger partial charge in [0.15, 0.2) is 0 Å². The Kier molecular flexibility index (Phi) is 3.14. The number of carboxylic acid groups (broad SMARTS) is 1. The molecule has 2 aliphatic rings. The van der Waals surface area contributed by atoms with Gasteiger partial charge in [-0.3, -0.25) is 9.59 Å². The van der Waals surface area contributed by atoms with Crippen LogP contribution in [0.1, 0.15) is 19.8 Å². The summed E-state index contributed by atoms with van der Waals surface area (Å²) in [5.74, 6) is -1.24. The highest BCUT2D eigenvalue weighted by atomic mass is 16.5. The number of carbonyl (C=O) groups is 2. The minimum atomic E-state index is -0.810. The Hall–Kier alpha value is -1.10. The maximum Gasteiger partial charge on any atom is 0.308 e. The number of hydrogen-bond acceptors (Lipinski definition) is 3. The summed E-state index contributed by atoms with van der Waals surface area (Å²) in [6.07, 6.45) is 1.35. The molecule has 2 heterocycles. The van der Waals surface area contributed by atoms with Crippen molar-refractivity contribution in [2.75, 3.05) is 19.7 Å². The van der Waals surface area contributed by atoms with Crippen molar-refractivity contribution in [3.63, 3.8) is 0 Å². The van der Waals surface area contributed by atoms with Crippen LogP contribution in [0.5, 0.6) is 0 Å². The van der Waals surface area contributed by atoms with Crippen molar-refractivity contribution in [1.29, 1.82) is 0 Å². The molecule has 0 radical (unpaired) electrons. The lowest BCUT2D eigenvalue weighted by Crippen LogP contribution is -2.37. The van der Waals surface area contributed by atoms with Gasteiger partial charge in [-0.1, -0.05) is 6.92 Å². The lowest BCUT2D eigenvalue weighted by atomic mass is 9.99. The van der Waals surface area contributed by atoms with Crippen LogP contribution < -0.4 is 0 Å². The molecule has 0 spiro atoms. The average Bonchev–Trinajstić information content (AvgIpc) is 2.84. The molecule has 3 atom stereocenters. The lowest BCUT2D eigenvalue weighted by molar-refractivity contribution is -0.143. The van der Waals surface area contributed by atoms with Crippen LogP contribution in [-0.4, -0.2) is 47.7 Å². The van der Waals surface area contributed by atoms with E-state index in [4.69, 9.17) is 9.84 Å². The van der Waals surface area contributed by atoms with Crippen LogP contribution in [0.15, 0.2) is 0 Å². The summed E-state index contributed by atoms with van der Waals surface area (Å²) in [5, 5.41) is 8.98. The topological polar surface area (TPSA) is 66.8 Å². The van der Waals surface area contributed by atoms with E-state index in [9.17, 15) is 9.59 Å². The SMILES string of the molecule is C[C@@H]1CN(C(=O)C2CCCO2)C[C@H]1C(=O)O. The Bertz CT molecular complexity index is 298. The molecule has 5 nitrogen and oxygen atoms in total. The van der Waals surface area contributed by atoms with Crippen molar-refractivity contribution in [3.05, 3.63) is 0 Å². The third-order valence-corrected chi connectivity index (χ3v) is 3.45. The quantitative estimate of drug-likeness (QED) is 0.739. The molecule has 0 bridgehead atoms. The van der Waals surface area contributed by atoms with E-state index in [1.54, 1.807) is 4.90 Å². The van der Waals surface area contributed by atoms with Gasteiger partial charge in [-0.25, -0.2) is 0 Å². The van der Waals surface area contributed by atoms with Gasteiger partial charge < -0.3 is 14.7 Å². The molecule has 2 saturated heterocycles. The Balaban J connectivity index is 1.96. The molecule has 0 aliphatic carbocycles. The van der Waals surface area contributed by atoms with Crippen molar-refractivity contribution in [3.8, 4) is 0 Å². The largest absolute Gasteiger partial charge is 0.481 e. The van der Waals surface area contributed by atoms with Gasteiger partial charge >= 0.3 is 5.97 Å². The number of amides is 1. The predicted molar refractivity (Wildman–Crippen MR) is 55.8 cm³/mol. The van der Waals surface area contributed by atoms with Crippen LogP contribution in [-0.2, 0) is 14.3 Å². The second kappa shape index (κ2) is 4.41. The van der Waals surface area contributed by atoms with Crippen LogP contribution in [0, 0.1) is 11.8 Å². The van der Waals surface area contributed by atoms with E-state index in [2.05, 4.69) is 0 Å². The second-order valence-electron chi connectivity index (χ2n) is 4.67. The van der Waals surface area contributed by atoms with E-state index in [-0.39, 0.29) is 17.9 Å². The Morgan fingerprint density at radius 2 is 2.12 bits per heavy atom. The minimum absolute atomic E-state index is 0.0304. The highest BCUT2D eigenvalue weighted by Gasteiger charge is 2.39. The first-order valence-corrected chi connectivity index (χ1v) is 5.73. The zero-order valence-electron chi connectivity index (χ0n) is 9.39. The molecule has 2 aliphatic heterocycles. The van der Waals surface area contributed by atoms with Gasteiger partial charge in [-0.2, -0.15) is 0 Å². The maximum absolute atomic E-state index is 12.0. The van der Waals surface area contributed by atoms with E-state index in [0.717, 1.165) is 12.8 Å². The number of hydrogen-bond donors (Lipinski definition) is 1. The molecule has 2 fully saturated rings. The van der Waals surface area contributed by atoms with Crippen molar-refractivity contribution < 1.29 is 19.4 Å². The lowest BCUT2D eigenvalue weighted by Gasteiger charge is -2.19. The zero-order chi connectivity index (χ0) is 11.7. The molecule has 0 saturated carbocycles. The van der Waals surface area contributed by atoms with E-state index in [0.29, 0.717) is 19.7 Å². The smallest absolute Gasteiger partial charge is 0.308 e. The fourth-order valence-corrected chi connectivity index (χ4v) is 2.44. The van der Waals surface area contributed by atoms with Gasteiger partial charge in [0.1, 0.15) is 6.10 Å². The standard InChI is InChI=1S/C11H17NO4/c1-7-5-12(6-8(7)11(14)15)10(13)9-3-2-4-16-9/h7-9H,2-6H2,1H3,(H,14,15)/t7-,8-,9?/m1/s1. The molecule has 0 aromatic rings.